The minimum Gasteiger partial charge on any atom is -0.361 e. The van der Waals surface area contributed by atoms with E-state index in [9.17, 15) is 0 Å². The number of aromatic amines is 1. The molecule has 0 aliphatic heterocycles. The van der Waals surface area contributed by atoms with Crippen molar-refractivity contribution in [3.8, 4) is 0 Å². The molecule has 1 aliphatic carbocycles. The molecule has 1 fully saturated rings. The first-order chi connectivity index (χ1) is 6.88. The van der Waals surface area contributed by atoms with E-state index in [-0.39, 0.29) is 0 Å². The predicted molar refractivity (Wildman–Crippen MR) is 58.2 cm³/mol. The molecule has 2 aromatic rings. The lowest BCUT2D eigenvalue weighted by Crippen LogP contribution is -2.01. The molecule has 1 heterocycles. The minimum atomic E-state index is 0.722. The van der Waals surface area contributed by atoms with Gasteiger partial charge in [-0.1, -0.05) is 6.07 Å². The van der Waals surface area contributed by atoms with Crippen molar-refractivity contribution in [3.63, 3.8) is 0 Å². The van der Waals surface area contributed by atoms with Gasteiger partial charge in [0, 0.05) is 11.7 Å². The SMILES string of the molecule is NCC1CC1c1ccc2[nH]ccc2c1. The Hall–Kier alpha value is -1.28. The van der Waals surface area contributed by atoms with E-state index in [4.69, 9.17) is 5.73 Å². The second-order valence-electron chi connectivity index (χ2n) is 4.16. The molecule has 0 amide bonds. The van der Waals surface area contributed by atoms with E-state index in [0.29, 0.717) is 0 Å². The Balaban J connectivity index is 1.98. The summed E-state index contributed by atoms with van der Waals surface area (Å²) < 4.78 is 0. The predicted octanol–water partition coefficient (Wildman–Crippen LogP) is 2.23. The molecule has 14 heavy (non-hydrogen) atoms. The van der Waals surface area contributed by atoms with Gasteiger partial charge in [0.2, 0.25) is 0 Å². The van der Waals surface area contributed by atoms with Crippen molar-refractivity contribution >= 4 is 10.9 Å². The van der Waals surface area contributed by atoms with Gasteiger partial charge in [-0.2, -0.15) is 0 Å². The zero-order chi connectivity index (χ0) is 9.54. The normalized spacial score (nSPS) is 25.5. The van der Waals surface area contributed by atoms with Crippen LogP contribution in [0.3, 0.4) is 0 Å². The number of aromatic nitrogens is 1. The molecule has 2 heteroatoms. The number of rotatable bonds is 2. The lowest BCUT2D eigenvalue weighted by molar-refractivity contribution is 0.810. The largest absolute Gasteiger partial charge is 0.361 e. The standard InChI is InChI=1S/C12H14N2/c13-7-10-6-11(10)8-1-2-12-9(5-8)3-4-14-12/h1-5,10-11,14H,6-7,13H2. The minimum absolute atomic E-state index is 0.722. The van der Waals surface area contributed by atoms with Gasteiger partial charge in [-0.15, -0.1) is 0 Å². The number of benzene rings is 1. The van der Waals surface area contributed by atoms with E-state index in [2.05, 4.69) is 29.2 Å². The van der Waals surface area contributed by atoms with Crippen LogP contribution < -0.4 is 5.73 Å². The molecule has 3 rings (SSSR count). The quantitative estimate of drug-likeness (QED) is 0.742. The molecule has 2 nitrogen and oxygen atoms in total. The maximum Gasteiger partial charge on any atom is 0.0454 e. The zero-order valence-electron chi connectivity index (χ0n) is 8.03. The first-order valence-electron chi connectivity index (χ1n) is 5.15. The molecule has 0 spiro atoms. The summed E-state index contributed by atoms with van der Waals surface area (Å²) in [5, 5.41) is 1.31. The molecule has 0 bridgehead atoms. The summed E-state index contributed by atoms with van der Waals surface area (Å²) in [5.41, 5.74) is 8.32. The van der Waals surface area contributed by atoms with Crippen molar-refractivity contribution in [2.24, 2.45) is 11.7 Å². The van der Waals surface area contributed by atoms with Crippen molar-refractivity contribution in [1.29, 1.82) is 0 Å². The van der Waals surface area contributed by atoms with Crippen molar-refractivity contribution in [1.82, 2.24) is 4.98 Å². The smallest absolute Gasteiger partial charge is 0.0454 e. The van der Waals surface area contributed by atoms with Crippen LogP contribution in [0, 0.1) is 5.92 Å². The summed E-state index contributed by atoms with van der Waals surface area (Å²) in [6.07, 6.45) is 3.26. The summed E-state index contributed by atoms with van der Waals surface area (Å²) in [6.45, 7) is 0.829. The molecule has 2 atom stereocenters. The molecular formula is C12H14N2. The van der Waals surface area contributed by atoms with Crippen molar-refractivity contribution in [2.45, 2.75) is 12.3 Å². The third-order valence-corrected chi connectivity index (χ3v) is 3.23. The molecule has 0 radical (unpaired) electrons. The molecule has 1 aromatic heterocycles. The molecular weight excluding hydrogens is 172 g/mol. The van der Waals surface area contributed by atoms with Crippen molar-refractivity contribution in [3.05, 3.63) is 36.0 Å². The average molecular weight is 186 g/mol. The van der Waals surface area contributed by atoms with Crippen LogP contribution in [-0.2, 0) is 0 Å². The highest BCUT2D eigenvalue weighted by molar-refractivity contribution is 5.80. The van der Waals surface area contributed by atoms with E-state index in [1.807, 2.05) is 6.20 Å². The summed E-state index contributed by atoms with van der Waals surface area (Å²) in [6, 6.07) is 8.79. The fourth-order valence-electron chi connectivity index (χ4n) is 2.22. The van der Waals surface area contributed by atoms with E-state index in [1.165, 1.54) is 22.9 Å². The monoisotopic (exact) mass is 186 g/mol. The Bertz CT molecular complexity index is 458. The zero-order valence-corrected chi connectivity index (χ0v) is 8.03. The van der Waals surface area contributed by atoms with Gasteiger partial charge in [0.1, 0.15) is 0 Å². The van der Waals surface area contributed by atoms with Gasteiger partial charge in [0.25, 0.3) is 0 Å². The molecule has 1 aromatic carbocycles. The molecule has 1 saturated carbocycles. The van der Waals surface area contributed by atoms with Crippen LogP contribution >= 0.6 is 0 Å². The van der Waals surface area contributed by atoms with Gasteiger partial charge in [-0.3, -0.25) is 0 Å². The Kier molecular flexibility index (Phi) is 1.64. The highest BCUT2D eigenvalue weighted by atomic mass is 14.7. The molecule has 3 N–H and O–H groups in total. The number of hydrogen-bond acceptors (Lipinski definition) is 1. The maximum absolute atomic E-state index is 5.65. The van der Waals surface area contributed by atoms with E-state index >= 15 is 0 Å². The second-order valence-corrected chi connectivity index (χ2v) is 4.16. The van der Waals surface area contributed by atoms with Crippen LogP contribution in [0.4, 0.5) is 0 Å². The lowest BCUT2D eigenvalue weighted by Gasteiger charge is -1.99. The van der Waals surface area contributed by atoms with Gasteiger partial charge < -0.3 is 10.7 Å². The van der Waals surface area contributed by atoms with Crippen LogP contribution in [0.5, 0.6) is 0 Å². The van der Waals surface area contributed by atoms with Gasteiger partial charge in [0.15, 0.2) is 0 Å². The summed E-state index contributed by atoms with van der Waals surface area (Å²) in [5.74, 6) is 1.45. The van der Waals surface area contributed by atoms with Gasteiger partial charge in [-0.25, -0.2) is 0 Å². The van der Waals surface area contributed by atoms with Crippen LogP contribution in [0.15, 0.2) is 30.5 Å². The fraction of sp³-hybridized carbons (Fsp3) is 0.333. The van der Waals surface area contributed by atoms with Crippen LogP contribution in [0.25, 0.3) is 10.9 Å². The Morgan fingerprint density at radius 1 is 1.36 bits per heavy atom. The maximum atomic E-state index is 5.65. The number of hydrogen-bond donors (Lipinski definition) is 2. The molecule has 2 unspecified atom stereocenters. The van der Waals surface area contributed by atoms with Gasteiger partial charge in [0.05, 0.1) is 0 Å². The number of fused-ring (bicyclic) bond motifs is 1. The highest BCUT2D eigenvalue weighted by Crippen LogP contribution is 2.46. The summed E-state index contributed by atoms with van der Waals surface area (Å²) in [7, 11) is 0. The third kappa shape index (κ3) is 1.15. The molecule has 1 aliphatic rings. The summed E-state index contributed by atoms with van der Waals surface area (Å²) >= 11 is 0. The average Bonchev–Trinajstić information content (AvgIpc) is 2.87. The molecule has 0 saturated heterocycles. The topological polar surface area (TPSA) is 41.8 Å². The number of nitrogens with two attached hydrogens (primary N) is 1. The van der Waals surface area contributed by atoms with Gasteiger partial charge >= 0.3 is 0 Å². The fourth-order valence-corrected chi connectivity index (χ4v) is 2.22. The summed E-state index contributed by atoms with van der Waals surface area (Å²) in [4.78, 5) is 3.21. The van der Waals surface area contributed by atoms with E-state index in [1.54, 1.807) is 0 Å². The van der Waals surface area contributed by atoms with E-state index in [0.717, 1.165) is 18.4 Å². The Morgan fingerprint density at radius 2 is 2.29 bits per heavy atom. The highest BCUT2D eigenvalue weighted by Gasteiger charge is 2.36. The first-order valence-corrected chi connectivity index (χ1v) is 5.15. The second kappa shape index (κ2) is 2.85. The number of H-pyrrole nitrogens is 1. The van der Waals surface area contributed by atoms with Gasteiger partial charge in [-0.05, 0) is 54.0 Å². The van der Waals surface area contributed by atoms with Crippen molar-refractivity contribution < 1.29 is 0 Å². The van der Waals surface area contributed by atoms with E-state index < -0.39 is 0 Å². The third-order valence-electron chi connectivity index (χ3n) is 3.23. The van der Waals surface area contributed by atoms with Crippen LogP contribution in [0.1, 0.15) is 17.9 Å². The Labute approximate surface area is 83.1 Å². The first kappa shape index (κ1) is 8.06. The number of nitrogens with one attached hydrogen (secondary N) is 1. The Morgan fingerprint density at radius 3 is 3.07 bits per heavy atom. The van der Waals surface area contributed by atoms with Crippen LogP contribution in [0.2, 0.25) is 0 Å². The van der Waals surface area contributed by atoms with Crippen LogP contribution in [-0.4, -0.2) is 11.5 Å². The van der Waals surface area contributed by atoms with Crippen molar-refractivity contribution in [2.75, 3.05) is 6.54 Å². The molecule has 72 valence electrons. The lowest BCUT2D eigenvalue weighted by atomic mass is 10.1.